The molecule has 1 saturated heterocycles. The molecule has 1 fully saturated rings. The number of hydrogen-bond donors (Lipinski definition) is 1. The predicted molar refractivity (Wildman–Crippen MR) is 118 cm³/mol. The van der Waals surface area contributed by atoms with E-state index in [2.05, 4.69) is 4.72 Å². The molecule has 0 amide bonds. The third-order valence-corrected chi connectivity index (χ3v) is 8.94. The van der Waals surface area contributed by atoms with Crippen LogP contribution >= 0.6 is 11.8 Å². The Morgan fingerprint density at radius 2 is 1.50 bits per heavy atom. The molecule has 2 aromatic carbocycles. The molecular formula is C20H26N2O5S3. The lowest BCUT2D eigenvalue weighted by molar-refractivity contribution is 0.322. The van der Waals surface area contributed by atoms with Gasteiger partial charge >= 0.3 is 0 Å². The van der Waals surface area contributed by atoms with Gasteiger partial charge in [0.2, 0.25) is 20.0 Å². The maximum absolute atomic E-state index is 12.7. The first-order valence-electron chi connectivity index (χ1n) is 9.70. The van der Waals surface area contributed by atoms with E-state index in [1.807, 2.05) is 6.26 Å². The predicted octanol–water partition coefficient (Wildman–Crippen LogP) is 2.94. The van der Waals surface area contributed by atoms with Crippen LogP contribution in [0.1, 0.15) is 19.3 Å². The Kier molecular flexibility index (Phi) is 7.81. The van der Waals surface area contributed by atoms with Gasteiger partial charge in [-0.3, -0.25) is 0 Å². The number of nitrogens with one attached hydrogen (secondary N) is 1. The van der Waals surface area contributed by atoms with E-state index in [0.717, 1.165) is 24.2 Å². The second kappa shape index (κ2) is 10.1. The van der Waals surface area contributed by atoms with Crippen molar-refractivity contribution in [3.05, 3.63) is 48.5 Å². The first-order chi connectivity index (χ1) is 14.3. The van der Waals surface area contributed by atoms with E-state index in [-0.39, 0.29) is 22.9 Å². The molecule has 1 N–H and O–H groups in total. The quantitative estimate of drug-likeness (QED) is 0.447. The van der Waals surface area contributed by atoms with E-state index in [1.165, 1.54) is 16.4 Å². The van der Waals surface area contributed by atoms with Crippen molar-refractivity contribution in [1.82, 2.24) is 9.03 Å². The molecule has 0 aromatic heterocycles. The van der Waals surface area contributed by atoms with Crippen molar-refractivity contribution >= 4 is 31.8 Å². The molecule has 1 aliphatic heterocycles. The zero-order valence-electron chi connectivity index (χ0n) is 16.8. The number of piperidine rings is 1. The molecular weight excluding hydrogens is 444 g/mol. The molecule has 2 aromatic rings. The van der Waals surface area contributed by atoms with E-state index in [1.54, 1.807) is 48.2 Å². The van der Waals surface area contributed by atoms with Crippen molar-refractivity contribution < 1.29 is 21.6 Å². The van der Waals surface area contributed by atoms with Crippen molar-refractivity contribution in [1.29, 1.82) is 0 Å². The number of hydrogen-bond acceptors (Lipinski definition) is 6. The SMILES string of the molecule is CSc1ccc(S(=O)(=O)NCCOc2ccc(S(=O)(=O)N3CCCCC3)cc2)cc1. The number of ether oxygens (including phenoxy) is 1. The summed E-state index contributed by atoms with van der Waals surface area (Å²) in [5.74, 6) is 0.483. The highest BCUT2D eigenvalue weighted by Gasteiger charge is 2.25. The van der Waals surface area contributed by atoms with Crippen molar-refractivity contribution in [3.8, 4) is 5.75 Å². The molecule has 0 spiro atoms. The molecule has 0 unspecified atom stereocenters. The highest BCUT2D eigenvalue weighted by Crippen LogP contribution is 2.22. The Bertz CT molecular complexity index is 1030. The molecule has 30 heavy (non-hydrogen) atoms. The maximum atomic E-state index is 12.7. The van der Waals surface area contributed by atoms with Crippen LogP contribution in [-0.4, -0.2) is 53.6 Å². The van der Waals surface area contributed by atoms with Crippen LogP contribution in [-0.2, 0) is 20.0 Å². The molecule has 0 aliphatic carbocycles. The van der Waals surface area contributed by atoms with Crippen LogP contribution < -0.4 is 9.46 Å². The minimum atomic E-state index is -3.60. The van der Waals surface area contributed by atoms with E-state index >= 15 is 0 Å². The first-order valence-corrected chi connectivity index (χ1v) is 13.8. The monoisotopic (exact) mass is 470 g/mol. The summed E-state index contributed by atoms with van der Waals surface area (Å²) in [6.45, 7) is 1.34. The second-order valence-electron chi connectivity index (χ2n) is 6.86. The average molecular weight is 471 g/mol. The standard InChI is InChI=1S/C20H26N2O5S3/c1-28-18-7-11-19(12-8-18)29(23,24)21-13-16-27-17-5-9-20(10-6-17)30(25,26)22-14-3-2-4-15-22/h5-12,21H,2-4,13-16H2,1H3. The van der Waals surface area contributed by atoms with Gasteiger partial charge in [-0.05, 0) is 67.6 Å². The fourth-order valence-corrected chi connectivity index (χ4v) is 6.08. The van der Waals surface area contributed by atoms with Gasteiger partial charge in [-0.25, -0.2) is 21.6 Å². The minimum Gasteiger partial charge on any atom is -0.492 e. The second-order valence-corrected chi connectivity index (χ2v) is 11.4. The summed E-state index contributed by atoms with van der Waals surface area (Å²) in [7, 11) is -7.08. The summed E-state index contributed by atoms with van der Waals surface area (Å²) in [5.41, 5.74) is 0. The molecule has 1 aliphatic rings. The summed E-state index contributed by atoms with van der Waals surface area (Å²) < 4.78 is 59.5. The van der Waals surface area contributed by atoms with Crippen LogP contribution in [0.3, 0.4) is 0 Å². The average Bonchev–Trinajstić information content (AvgIpc) is 2.78. The number of rotatable bonds is 9. The van der Waals surface area contributed by atoms with Crippen LogP contribution in [0.25, 0.3) is 0 Å². The Hall–Kier alpha value is -1.59. The molecule has 0 saturated carbocycles. The van der Waals surface area contributed by atoms with Gasteiger partial charge in [-0.1, -0.05) is 6.42 Å². The van der Waals surface area contributed by atoms with Crippen LogP contribution in [0.15, 0.2) is 63.2 Å². The largest absolute Gasteiger partial charge is 0.492 e. The number of sulfonamides is 2. The van der Waals surface area contributed by atoms with Crippen LogP contribution in [0.5, 0.6) is 5.75 Å². The van der Waals surface area contributed by atoms with Crippen molar-refractivity contribution in [2.24, 2.45) is 0 Å². The molecule has 10 heteroatoms. The summed E-state index contributed by atoms with van der Waals surface area (Å²) in [4.78, 5) is 1.43. The summed E-state index contributed by atoms with van der Waals surface area (Å²) in [5, 5.41) is 0. The molecule has 0 atom stereocenters. The third-order valence-electron chi connectivity index (χ3n) is 4.81. The van der Waals surface area contributed by atoms with Gasteiger partial charge in [0, 0.05) is 24.5 Å². The van der Waals surface area contributed by atoms with Crippen LogP contribution in [0.4, 0.5) is 0 Å². The number of thioether (sulfide) groups is 1. The van der Waals surface area contributed by atoms with E-state index < -0.39 is 20.0 Å². The topological polar surface area (TPSA) is 92.8 Å². The normalized spacial score (nSPS) is 15.8. The highest BCUT2D eigenvalue weighted by atomic mass is 32.2. The minimum absolute atomic E-state index is 0.0977. The van der Waals surface area contributed by atoms with E-state index in [4.69, 9.17) is 4.74 Å². The van der Waals surface area contributed by atoms with Gasteiger partial charge in [0.05, 0.1) is 9.79 Å². The lowest BCUT2D eigenvalue weighted by Crippen LogP contribution is -2.35. The Balaban J connectivity index is 1.51. The highest BCUT2D eigenvalue weighted by molar-refractivity contribution is 7.98. The number of nitrogens with zero attached hydrogens (tertiary/aromatic N) is 1. The van der Waals surface area contributed by atoms with Gasteiger partial charge in [-0.15, -0.1) is 11.8 Å². The van der Waals surface area contributed by atoms with Gasteiger partial charge in [0.25, 0.3) is 0 Å². The maximum Gasteiger partial charge on any atom is 0.243 e. The Labute approximate surface area is 182 Å². The van der Waals surface area contributed by atoms with Gasteiger partial charge in [0.15, 0.2) is 0 Å². The molecule has 0 bridgehead atoms. The molecule has 0 radical (unpaired) electrons. The van der Waals surface area contributed by atoms with Gasteiger partial charge in [-0.2, -0.15) is 4.31 Å². The van der Waals surface area contributed by atoms with Crippen LogP contribution in [0.2, 0.25) is 0 Å². The fraction of sp³-hybridized carbons (Fsp3) is 0.400. The lowest BCUT2D eigenvalue weighted by Gasteiger charge is -2.25. The van der Waals surface area contributed by atoms with E-state index in [9.17, 15) is 16.8 Å². The van der Waals surface area contributed by atoms with Gasteiger partial charge in [0.1, 0.15) is 12.4 Å². The first kappa shape index (κ1) is 23.1. The fourth-order valence-electron chi connectivity index (χ4n) is 3.15. The Morgan fingerprint density at radius 1 is 0.900 bits per heavy atom. The number of benzene rings is 2. The summed E-state index contributed by atoms with van der Waals surface area (Å²) in [6, 6.07) is 12.9. The van der Waals surface area contributed by atoms with Gasteiger partial charge < -0.3 is 4.74 Å². The third kappa shape index (κ3) is 5.76. The zero-order chi connectivity index (χ0) is 21.6. The van der Waals surface area contributed by atoms with Crippen molar-refractivity contribution in [2.75, 3.05) is 32.5 Å². The smallest absolute Gasteiger partial charge is 0.243 e. The lowest BCUT2D eigenvalue weighted by atomic mass is 10.2. The molecule has 164 valence electrons. The summed E-state index contributed by atoms with van der Waals surface area (Å²) in [6.07, 6.45) is 4.76. The zero-order valence-corrected chi connectivity index (χ0v) is 19.2. The molecule has 3 rings (SSSR count). The molecule has 7 nitrogen and oxygen atoms in total. The van der Waals surface area contributed by atoms with Crippen molar-refractivity contribution in [3.63, 3.8) is 0 Å². The molecule has 1 heterocycles. The summed E-state index contributed by atoms with van der Waals surface area (Å²) >= 11 is 1.54. The van der Waals surface area contributed by atoms with Crippen molar-refractivity contribution in [2.45, 2.75) is 33.9 Å². The van der Waals surface area contributed by atoms with Crippen LogP contribution in [0, 0.1) is 0 Å². The van der Waals surface area contributed by atoms with E-state index in [0.29, 0.717) is 18.8 Å². The Morgan fingerprint density at radius 3 is 2.10 bits per heavy atom.